The molecule has 13 heavy (non-hydrogen) atoms. The predicted octanol–water partition coefficient (Wildman–Crippen LogP) is 1.49. The zero-order valence-corrected chi connectivity index (χ0v) is 9.77. The van der Waals surface area contributed by atoms with Crippen LogP contribution >= 0.6 is 0 Å². The maximum Gasteiger partial charge on any atom is 0.0359 e. The Morgan fingerprint density at radius 1 is 1.46 bits per heavy atom. The van der Waals surface area contributed by atoms with E-state index in [9.17, 15) is 4.21 Å². The monoisotopic (exact) mass is 203 g/mol. The lowest BCUT2D eigenvalue weighted by atomic mass is 9.81. The molecule has 0 bridgehead atoms. The molecule has 0 N–H and O–H groups in total. The summed E-state index contributed by atoms with van der Waals surface area (Å²) in [5.74, 6) is 1.74. The van der Waals surface area contributed by atoms with Crippen LogP contribution in [0.25, 0.3) is 0 Å². The second kappa shape index (κ2) is 5.11. The first-order valence-corrected chi connectivity index (χ1v) is 6.90. The van der Waals surface area contributed by atoms with Gasteiger partial charge in [0.2, 0.25) is 0 Å². The van der Waals surface area contributed by atoms with Gasteiger partial charge in [-0.15, -0.1) is 0 Å². The fourth-order valence-corrected chi connectivity index (χ4v) is 2.49. The summed E-state index contributed by atoms with van der Waals surface area (Å²) in [4.78, 5) is 2.47. The molecule has 78 valence electrons. The minimum absolute atomic E-state index is 0.633. The minimum atomic E-state index is -0.633. The summed E-state index contributed by atoms with van der Waals surface area (Å²) in [7, 11) is -0.633. The van der Waals surface area contributed by atoms with Gasteiger partial charge in [-0.25, -0.2) is 0 Å². The Morgan fingerprint density at radius 3 is 2.46 bits per heavy atom. The van der Waals surface area contributed by atoms with Gasteiger partial charge in [-0.1, -0.05) is 13.8 Å². The zero-order chi connectivity index (χ0) is 9.84. The third kappa shape index (κ3) is 3.39. The van der Waals surface area contributed by atoms with Crippen LogP contribution in [0.1, 0.15) is 26.7 Å². The van der Waals surface area contributed by atoms with E-state index in [2.05, 4.69) is 18.7 Å². The van der Waals surface area contributed by atoms with Crippen LogP contribution in [0.15, 0.2) is 0 Å². The zero-order valence-electron chi connectivity index (χ0n) is 8.95. The van der Waals surface area contributed by atoms with Crippen LogP contribution in [0.2, 0.25) is 0 Å². The van der Waals surface area contributed by atoms with E-state index in [4.69, 9.17) is 0 Å². The van der Waals surface area contributed by atoms with Crippen molar-refractivity contribution in [3.63, 3.8) is 0 Å². The molecule has 0 aromatic carbocycles. The predicted molar refractivity (Wildman–Crippen MR) is 58.4 cm³/mol. The van der Waals surface area contributed by atoms with Gasteiger partial charge in [0.05, 0.1) is 0 Å². The van der Waals surface area contributed by atoms with Crippen molar-refractivity contribution in [3.8, 4) is 0 Å². The van der Waals surface area contributed by atoms with Gasteiger partial charge in [0.1, 0.15) is 0 Å². The summed E-state index contributed by atoms with van der Waals surface area (Å²) in [5, 5.41) is 0. The van der Waals surface area contributed by atoms with E-state index < -0.39 is 10.8 Å². The van der Waals surface area contributed by atoms with E-state index in [1.807, 2.05) is 0 Å². The maximum absolute atomic E-state index is 10.9. The molecule has 0 heterocycles. The summed E-state index contributed by atoms with van der Waals surface area (Å²) in [6, 6.07) is 0.781. The van der Waals surface area contributed by atoms with Crippen molar-refractivity contribution in [2.24, 2.45) is 5.92 Å². The third-order valence-corrected chi connectivity index (χ3v) is 3.69. The molecule has 1 aliphatic carbocycles. The molecule has 3 heteroatoms. The topological polar surface area (TPSA) is 20.3 Å². The maximum atomic E-state index is 10.9. The lowest BCUT2D eigenvalue weighted by molar-refractivity contribution is 0.0973. The molecule has 0 spiro atoms. The second-order valence-corrected chi connectivity index (χ2v) is 5.69. The van der Waals surface area contributed by atoms with E-state index in [0.29, 0.717) is 0 Å². The Hall–Kier alpha value is 0.110. The molecule has 0 amide bonds. The van der Waals surface area contributed by atoms with Crippen molar-refractivity contribution in [2.45, 2.75) is 32.7 Å². The lowest BCUT2D eigenvalue weighted by Crippen LogP contribution is -2.45. The van der Waals surface area contributed by atoms with E-state index in [1.54, 1.807) is 6.26 Å². The Bertz CT molecular complexity index is 178. The normalized spacial score (nSPS) is 30.2. The van der Waals surface area contributed by atoms with Gasteiger partial charge in [0, 0.05) is 35.4 Å². The molecule has 1 atom stereocenters. The Balaban J connectivity index is 2.23. The highest BCUT2D eigenvalue weighted by molar-refractivity contribution is 7.84. The Kier molecular flexibility index (Phi) is 4.39. The largest absolute Gasteiger partial charge is 0.300 e. The van der Waals surface area contributed by atoms with E-state index in [-0.39, 0.29) is 0 Å². The number of hydrogen-bond acceptors (Lipinski definition) is 2. The van der Waals surface area contributed by atoms with Crippen LogP contribution in [0.3, 0.4) is 0 Å². The van der Waals surface area contributed by atoms with Crippen molar-refractivity contribution in [3.05, 3.63) is 0 Å². The highest BCUT2D eigenvalue weighted by atomic mass is 32.2. The van der Waals surface area contributed by atoms with Crippen LogP contribution in [-0.2, 0) is 10.8 Å². The van der Waals surface area contributed by atoms with Gasteiger partial charge < -0.3 is 0 Å². The molecule has 0 aromatic heterocycles. The molecular formula is C10H21NOS. The van der Waals surface area contributed by atoms with Crippen LogP contribution in [-0.4, -0.2) is 40.2 Å². The summed E-state index contributed by atoms with van der Waals surface area (Å²) < 4.78 is 10.9. The molecule has 0 saturated heterocycles. The van der Waals surface area contributed by atoms with Crippen LogP contribution in [0, 0.1) is 5.92 Å². The van der Waals surface area contributed by atoms with Crippen molar-refractivity contribution >= 4 is 10.8 Å². The number of nitrogens with zero attached hydrogens (tertiary/aromatic N) is 1. The molecule has 1 saturated carbocycles. The van der Waals surface area contributed by atoms with Gasteiger partial charge in [-0.05, 0) is 25.3 Å². The molecule has 0 radical (unpaired) electrons. The van der Waals surface area contributed by atoms with E-state index >= 15 is 0 Å². The smallest absolute Gasteiger partial charge is 0.0359 e. The molecule has 1 fully saturated rings. The summed E-state index contributed by atoms with van der Waals surface area (Å²) in [5.41, 5.74) is 0. The van der Waals surface area contributed by atoms with Crippen LogP contribution in [0.4, 0.5) is 0 Å². The van der Waals surface area contributed by atoms with Crippen molar-refractivity contribution in [1.29, 1.82) is 0 Å². The van der Waals surface area contributed by atoms with E-state index in [1.165, 1.54) is 12.8 Å². The highest BCUT2D eigenvalue weighted by Crippen LogP contribution is 2.30. The molecule has 0 aromatic rings. The third-order valence-electron chi connectivity index (χ3n) is 2.94. The lowest BCUT2D eigenvalue weighted by Gasteiger charge is -2.41. The molecule has 0 aliphatic heterocycles. The van der Waals surface area contributed by atoms with Gasteiger partial charge in [0.15, 0.2) is 0 Å². The highest BCUT2D eigenvalue weighted by Gasteiger charge is 2.29. The fourth-order valence-electron chi connectivity index (χ4n) is 2.00. The first kappa shape index (κ1) is 11.2. The molecule has 1 rings (SSSR count). The average Bonchev–Trinajstić information content (AvgIpc) is 2.01. The molecule has 2 nitrogen and oxygen atoms in total. The van der Waals surface area contributed by atoms with Gasteiger partial charge in [-0.2, -0.15) is 0 Å². The SMILES string of the molecule is CCN(CCS(C)=O)C1CC(C)C1. The molecule has 1 aliphatic rings. The standard InChI is InChI=1S/C10H21NOS/c1-4-11(5-6-13(3)12)10-7-9(2)8-10/h9-10H,4-8H2,1-3H3. The minimum Gasteiger partial charge on any atom is -0.300 e. The summed E-state index contributed by atoms with van der Waals surface area (Å²) in [6.45, 7) is 6.62. The Morgan fingerprint density at radius 2 is 2.08 bits per heavy atom. The van der Waals surface area contributed by atoms with Gasteiger partial charge in [-0.3, -0.25) is 9.11 Å². The fraction of sp³-hybridized carbons (Fsp3) is 1.00. The van der Waals surface area contributed by atoms with Crippen molar-refractivity contribution in [2.75, 3.05) is 25.1 Å². The van der Waals surface area contributed by atoms with E-state index in [0.717, 1.165) is 30.8 Å². The van der Waals surface area contributed by atoms with Gasteiger partial charge >= 0.3 is 0 Å². The second-order valence-electron chi connectivity index (χ2n) is 4.14. The van der Waals surface area contributed by atoms with Crippen molar-refractivity contribution in [1.82, 2.24) is 4.90 Å². The van der Waals surface area contributed by atoms with Gasteiger partial charge in [0.25, 0.3) is 0 Å². The van der Waals surface area contributed by atoms with Crippen LogP contribution in [0.5, 0.6) is 0 Å². The number of hydrogen-bond donors (Lipinski definition) is 0. The first-order chi connectivity index (χ1) is 6.13. The average molecular weight is 203 g/mol. The first-order valence-electron chi connectivity index (χ1n) is 5.17. The molecular weight excluding hydrogens is 182 g/mol. The summed E-state index contributed by atoms with van der Waals surface area (Å²) in [6.07, 6.45) is 4.46. The number of rotatable bonds is 5. The summed E-state index contributed by atoms with van der Waals surface area (Å²) >= 11 is 0. The van der Waals surface area contributed by atoms with Crippen molar-refractivity contribution < 1.29 is 4.21 Å². The quantitative estimate of drug-likeness (QED) is 0.674. The van der Waals surface area contributed by atoms with Crippen LogP contribution < -0.4 is 0 Å². The molecule has 1 unspecified atom stereocenters. The Labute approximate surface area is 84.2 Å².